The predicted molar refractivity (Wildman–Crippen MR) is 72.5 cm³/mol. The van der Waals surface area contributed by atoms with Crippen LogP contribution in [-0.2, 0) is 4.74 Å². The number of hydrogen-bond acceptors (Lipinski definition) is 2. The topological polar surface area (TPSA) is 29.5 Å². The highest BCUT2D eigenvalue weighted by Gasteiger charge is 2.37. The van der Waals surface area contributed by atoms with Gasteiger partial charge >= 0.3 is 6.09 Å². The number of carbonyl (C=O) groups is 1. The van der Waals surface area contributed by atoms with Crippen LogP contribution in [-0.4, -0.2) is 29.2 Å². The molecule has 0 aromatic heterocycles. The van der Waals surface area contributed by atoms with Crippen molar-refractivity contribution in [2.75, 3.05) is 6.54 Å². The molecule has 1 amide bonds. The van der Waals surface area contributed by atoms with E-state index in [9.17, 15) is 4.79 Å². The lowest BCUT2D eigenvalue weighted by atomic mass is 9.78. The first-order valence-corrected chi connectivity index (χ1v) is 7.53. The van der Waals surface area contributed by atoms with Gasteiger partial charge in [0.15, 0.2) is 0 Å². The zero-order valence-electron chi connectivity index (χ0n) is 12.1. The van der Waals surface area contributed by atoms with E-state index in [0.717, 1.165) is 25.3 Å². The lowest BCUT2D eigenvalue weighted by molar-refractivity contribution is -0.0164. The summed E-state index contributed by atoms with van der Waals surface area (Å²) in [6, 6.07) is 0.452. The van der Waals surface area contributed by atoms with Crippen LogP contribution in [0.4, 0.5) is 4.79 Å². The van der Waals surface area contributed by atoms with Crippen molar-refractivity contribution in [3.05, 3.63) is 0 Å². The summed E-state index contributed by atoms with van der Waals surface area (Å²) in [6.45, 7) is 6.94. The van der Waals surface area contributed by atoms with E-state index in [0.29, 0.717) is 6.04 Å². The molecule has 0 aromatic carbocycles. The molecule has 2 unspecified atom stereocenters. The molecular formula is C15H27NO2. The number of amides is 1. The second-order valence-electron chi connectivity index (χ2n) is 6.43. The van der Waals surface area contributed by atoms with E-state index in [1.165, 1.54) is 32.1 Å². The van der Waals surface area contributed by atoms with Gasteiger partial charge in [-0.25, -0.2) is 4.79 Å². The fourth-order valence-electron chi connectivity index (χ4n) is 3.22. The van der Waals surface area contributed by atoms with Gasteiger partial charge in [-0.1, -0.05) is 19.8 Å². The van der Waals surface area contributed by atoms with Crippen molar-refractivity contribution in [1.29, 1.82) is 0 Å². The Bertz CT molecular complexity index is 299. The monoisotopic (exact) mass is 253 g/mol. The highest BCUT2D eigenvalue weighted by molar-refractivity contribution is 5.68. The number of carbonyl (C=O) groups excluding carboxylic acids is 1. The van der Waals surface area contributed by atoms with Gasteiger partial charge < -0.3 is 9.64 Å². The van der Waals surface area contributed by atoms with Crippen LogP contribution in [0.5, 0.6) is 0 Å². The lowest BCUT2D eigenvalue weighted by Crippen LogP contribution is -2.51. The first-order valence-electron chi connectivity index (χ1n) is 7.53. The number of piperidine rings is 1. The molecular weight excluding hydrogens is 226 g/mol. The van der Waals surface area contributed by atoms with E-state index in [4.69, 9.17) is 4.74 Å². The van der Waals surface area contributed by atoms with E-state index in [2.05, 4.69) is 6.92 Å². The second kappa shape index (κ2) is 5.50. The normalized spacial score (nSPS) is 28.7. The van der Waals surface area contributed by atoms with Gasteiger partial charge in [0.2, 0.25) is 0 Å². The minimum atomic E-state index is -0.335. The summed E-state index contributed by atoms with van der Waals surface area (Å²) in [7, 11) is 0. The van der Waals surface area contributed by atoms with Crippen molar-refractivity contribution in [2.24, 2.45) is 5.92 Å². The molecule has 2 aliphatic rings. The summed E-state index contributed by atoms with van der Waals surface area (Å²) in [4.78, 5) is 14.3. The number of nitrogens with zero attached hydrogens (tertiary/aromatic N) is 1. The van der Waals surface area contributed by atoms with Gasteiger partial charge in [0, 0.05) is 12.6 Å². The zero-order chi connectivity index (χ0) is 13.2. The van der Waals surface area contributed by atoms with Crippen LogP contribution >= 0.6 is 0 Å². The average molecular weight is 253 g/mol. The molecule has 1 heterocycles. The fraction of sp³-hybridized carbons (Fsp3) is 0.933. The maximum atomic E-state index is 12.3. The Balaban J connectivity index is 2.00. The number of rotatable bonds is 2. The molecule has 3 heteroatoms. The molecule has 3 nitrogen and oxygen atoms in total. The molecule has 0 radical (unpaired) electrons. The summed E-state index contributed by atoms with van der Waals surface area (Å²) in [6.07, 6.45) is 8.29. The Labute approximate surface area is 111 Å². The molecule has 0 bridgehead atoms. The first-order chi connectivity index (χ1) is 8.53. The largest absolute Gasteiger partial charge is 0.443 e. The average Bonchev–Trinajstić information content (AvgIpc) is 2.37. The number of ether oxygens (including phenoxy) is 1. The van der Waals surface area contributed by atoms with Crippen molar-refractivity contribution >= 4 is 6.09 Å². The molecule has 2 fully saturated rings. The Morgan fingerprint density at radius 2 is 1.89 bits per heavy atom. The smallest absolute Gasteiger partial charge is 0.410 e. The van der Waals surface area contributed by atoms with Gasteiger partial charge in [-0.15, -0.1) is 0 Å². The highest BCUT2D eigenvalue weighted by Crippen LogP contribution is 2.36. The molecule has 1 saturated heterocycles. The zero-order valence-corrected chi connectivity index (χ0v) is 12.1. The minimum absolute atomic E-state index is 0.0848. The SMILES string of the molecule is CCC(C)(C)OC(=O)N1CCCC2CCCCC21. The molecule has 0 aromatic rings. The van der Waals surface area contributed by atoms with Gasteiger partial charge in [0.05, 0.1) is 0 Å². The number of hydrogen-bond donors (Lipinski definition) is 0. The molecule has 2 rings (SSSR count). The van der Waals surface area contributed by atoms with E-state index in [1.807, 2.05) is 18.7 Å². The molecule has 1 aliphatic heterocycles. The van der Waals surface area contributed by atoms with Crippen molar-refractivity contribution in [2.45, 2.75) is 77.4 Å². The van der Waals surface area contributed by atoms with Gasteiger partial charge in [0.1, 0.15) is 5.60 Å². The van der Waals surface area contributed by atoms with Gasteiger partial charge in [-0.05, 0) is 51.9 Å². The van der Waals surface area contributed by atoms with Crippen molar-refractivity contribution in [1.82, 2.24) is 4.90 Å². The summed E-state index contributed by atoms with van der Waals surface area (Å²) < 4.78 is 5.66. The first kappa shape index (κ1) is 13.7. The molecule has 0 spiro atoms. The summed E-state index contributed by atoms with van der Waals surface area (Å²) in [5.41, 5.74) is -0.335. The van der Waals surface area contributed by atoms with E-state index in [-0.39, 0.29) is 11.7 Å². The highest BCUT2D eigenvalue weighted by atomic mass is 16.6. The number of likely N-dealkylation sites (tertiary alicyclic amines) is 1. The van der Waals surface area contributed by atoms with Crippen LogP contribution in [0, 0.1) is 5.92 Å². The summed E-state index contributed by atoms with van der Waals surface area (Å²) >= 11 is 0. The van der Waals surface area contributed by atoms with Crippen LogP contribution in [0.3, 0.4) is 0 Å². The predicted octanol–water partition coefficient (Wildman–Crippen LogP) is 3.97. The summed E-state index contributed by atoms with van der Waals surface area (Å²) in [5.74, 6) is 0.727. The Kier molecular flexibility index (Phi) is 4.18. The third-order valence-electron chi connectivity index (χ3n) is 4.69. The van der Waals surface area contributed by atoms with E-state index < -0.39 is 0 Å². The van der Waals surface area contributed by atoms with Crippen LogP contribution in [0.15, 0.2) is 0 Å². The van der Waals surface area contributed by atoms with Crippen molar-refractivity contribution in [3.63, 3.8) is 0 Å². The molecule has 2 atom stereocenters. The third kappa shape index (κ3) is 2.99. The molecule has 18 heavy (non-hydrogen) atoms. The van der Waals surface area contributed by atoms with Gasteiger partial charge in [-0.2, -0.15) is 0 Å². The van der Waals surface area contributed by atoms with Crippen molar-refractivity contribution in [3.8, 4) is 0 Å². The lowest BCUT2D eigenvalue weighted by Gasteiger charge is -2.44. The standard InChI is InChI=1S/C15H27NO2/c1-4-15(2,3)18-14(17)16-11-7-9-12-8-5-6-10-13(12)16/h12-13H,4-11H2,1-3H3. The van der Waals surface area contributed by atoms with Crippen LogP contribution in [0.25, 0.3) is 0 Å². The Hall–Kier alpha value is -0.730. The maximum Gasteiger partial charge on any atom is 0.410 e. The molecule has 1 saturated carbocycles. The van der Waals surface area contributed by atoms with Crippen LogP contribution < -0.4 is 0 Å². The van der Waals surface area contributed by atoms with Crippen LogP contribution in [0.1, 0.15) is 65.7 Å². The van der Waals surface area contributed by atoms with Gasteiger partial charge in [0.25, 0.3) is 0 Å². The van der Waals surface area contributed by atoms with Crippen LogP contribution in [0.2, 0.25) is 0 Å². The second-order valence-corrected chi connectivity index (χ2v) is 6.43. The summed E-state index contributed by atoms with van der Waals surface area (Å²) in [5, 5.41) is 0. The van der Waals surface area contributed by atoms with Gasteiger partial charge in [-0.3, -0.25) is 0 Å². The third-order valence-corrected chi connectivity index (χ3v) is 4.69. The van der Waals surface area contributed by atoms with E-state index >= 15 is 0 Å². The van der Waals surface area contributed by atoms with Crippen molar-refractivity contribution < 1.29 is 9.53 Å². The minimum Gasteiger partial charge on any atom is -0.443 e. The molecule has 0 N–H and O–H groups in total. The maximum absolute atomic E-state index is 12.3. The molecule has 104 valence electrons. The fourth-order valence-corrected chi connectivity index (χ4v) is 3.22. The quantitative estimate of drug-likeness (QED) is 0.745. The number of fused-ring (bicyclic) bond motifs is 1. The Morgan fingerprint density at radius 1 is 1.22 bits per heavy atom. The Morgan fingerprint density at radius 3 is 2.61 bits per heavy atom. The van der Waals surface area contributed by atoms with E-state index in [1.54, 1.807) is 0 Å². The molecule has 1 aliphatic carbocycles.